The van der Waals surface area contributed by atoms with Crippen molar-refractivity contribution >= 4 is 17.8 Å². The summed E-state index contributed by atoms with van der Waals surface area (Å²) >= 11 is 0. The van der Waals surface area contributed by atoms with Gasteiger partial charge in [0.05, 0.1) is 36.3 Å². The Morgan fingerprint density at radius 3 is 2.19 bits per heavy atom. The number of fused-ring (bicyclic) bond motifs is 1. The van der Waals surface area contributed by atoms with E-state index in [9.17, 15) is 14.4 Å². The summed E-state index contributed by atoms with van der Waals surface area (Å²) in [5.74, 6) is -1.64. The molecule has 2 amide bonds. The quantitative estimate of drug-likeness (QED) is 0.635. The number of rotatable bonds is 6. The molecule has 0 unspecified atom stereocenters. The Labute approximate surface area is 122 Å². The molecule has 1 heterocycles. The van der Waals surface area contributed by atoms with Crippen LogP contribution < -0.4 is 0 Å². The Kier molecular flexibility index (Phi) is 4.09. The molecule has 0 fully saturated rings. The first-order chi connectivity index (χ1) is 9.84. The normalized spacial score (nSPS) is 14.5. The van der Waals surface area contributed by atoms with Crippen molar-refractivity contribution in [1.82, 2.24) is 4.90 Å². The third kappa shape index (κ3) is 2.95. The third-order valence-electron chi connectivity index (χ3n) is 3.31. The summed E-state index contributed by atoms with van der Waals surface area (Å²) in [4.78, 5) is 36.3. The number of benzene rings is 1. The molecular formula is C15H17NO5. The monoisotopic (exact) mass is 291 g/mol. The van der Waals surface area contributed by atoms with E-state index in [0.717, 1.165) is 0 Å². The maximum absolute atomic E-state index is 12.4. The van der Waals surface area contributed by atoms with Crippen molar-refractivity contribution in [2.45, 2.75) is 25.8 Å². The number of carboxylic acids is 1. The van der Waals surface area contributed by atoms with Crippen molar-refractivity contribution in [3.8, 4) is 0 Å². The van der Waals surface area contributed by atoms with E-state index in [1.165, 1.54) is 4.90 Å². The first-order valence-corrected chi connectivity index (χ1v) is 6.62. The van der Waals surface area contributed by atoms with Crippen LogP contribution in [0.15, 0.2) is 24.3 Å². The van der Waals surface area contributed by atoms with E-state index >= 15 is 0 Å². The van der Waals surface area contributed by atoms with E-state index in [1.54, 1.807) is 38.1 Å². The van der Waals surface area contributed by atoms with Crippen LogP contribution in [0.2, 0.25) is 0 Å². The lowest BCUT2D eigenvalue weighted by molar-refractivity contribution is -0.138. The molecule has 0 atom stereocenters. The number of carbonyl (C=O) groups is 3. The van der Waals surface area contributed by atoms with Crippen LogP contribution in [0, 0.1) is 0 Å². The molecule has 21 heavy (non-hydrogen) atoms. The van der Waals surface area contributed by atoms with E-state index in [2.05, 4.69) is 0 Å². The molecule has 0 saturated carbocycles. The lowest BCUT2D eigenvalue weighted by Gasteiger charge is -2.33. The molecule has 0 aromatic heterocycles. The molecule has 2 rings (SSSR count). The summed E-state index contributed by atoms with van der Waals surface area (Å²) in [6.07, 6.45) is -0.113. The summed E-state index contributed by atoms with van der Waals surface area (Å²) in [7, 11) is 0. The number of nitrogens with zero attached hydrogens (tertiary/aromatic N) is 1. The number of aliphatic carboxylic acids is 1. The lowest BCUT2D eigenvalue weighted by Crippen LogP contribution is -2.50. The fourth-order valence-corrected chi connectivity index (χ4v) is 2.28. The molecule has 1 aliphatic heterocycles. The molecule has 112 valence electrons. The highest BCUT2D eigenvalue weighted by molar-refractivity contribution is 6.21. The van der Waals surface area contributed by atoms with Gasteiger partial charge in [0.1, 0.15) is 0 Å². The van der Waals surface area contributed by atoms with Gasteiger partial charge >= 0.3 is 5.97 Å². The van der Waals surface area contributed by atoms with E-state index in [-0.39, 0.29) is 31.4 Å². The van der Waals surface area contributed by atoms with Crippen molar-refractivity contribution in [2.75, 3.05) is 13.2 Å². The highest BCUT2D eigenvalue weighted by atomic mass is 16.5. The maximum Gasteiger partial charge on any atom is 0.305 e. The van der Waals surface area contributed by atoms with Crippen LogP contribution in [-0.4, -0.2) is 46.5 Å². The van der Waals surface area contributed by atoms with Gasteiger partial charge in [-0.15, -0.1) is 0 Å². The maximum atomic E-state index is 12.4. The van der Waals surface area contributed by atoms with Crippen LogP contribution in [0.1, 0.15) is 41.0 Å². The summed E-state index contributed by atoms with van der Waals surface area (Å²) in [5.41, 5.74) is -0.0617. The van der Waals surface area contributed by atoms with Gasteiger partial charge in [-0.25, -0.2) is 0 Å². The minimum atomic E-state index is -0.950. The second-order valence-corrected chi connectivity index (χ2v) is 5.50. The van der Waals surface area contributed by atoms with E-state index in [1.807, 2.05) is 0 Å². The van der Waals surface area contributed by atoms with Crippen molar-refractivity contribution in [3.63, 3.8) is 0 Å². The average molecular weight is 291 g/mol. The zero-order valence-corrected chi connectivity index (χ0v) is 12.0. The van der Waals surface area contributed by atoms with Gasteiger partial charge in [-0.1, -0.05) is 12.1 Å². The summed E-state index contributed by atoms with van der Waals surface area (Å²) in [6.45, 7) is 3.57. The van der Waals surface area contributed by atoms with Gasteiger partial charge in [0.25, 0.3) is 11.8 Å². The molecule has 1 aliphatic rings. The summed E-state index contributed by atoms with van der Waals surface area (Å²) < 4.78 is 5.29. The van der Waals surface area contributed by atoms with Crippen LogP contribution in [0.25, 0.3) is 0 Å². The van der Waals surface area contributed by atoms with Crippen LogP contribution in [-0.2, 0) is 9.53 Å². The molecule has 0 saturated heterocycles. The molecule has 1 aromatic carbocycles. The first kappa shape index (κ1) is 15.2. The highest BCUT2D eigenvalue weighted by Gasteiger charge is 2.43. The number of hydrogen-bond acceptors (Lipinski definition) is 4. The molecule has 0 bridgehead atoms. The van der Waals surface area contributed by atoms with Crippen molar-refractivity contribution in [2.24, 2.45) is 0 Å². The molecule has 0 spiro atoms. The number of carbonyl (C=O) groups excluding carboxylic acids is 2. The second-order valence-electron chi connectivity index (χ2n) is 5.50. The van der Waals surface area contributed by atoms with Gasteiger partial charge in [0.15, 0.2) is 0 Å². The molecule has 0 aliphatic carbocycles. The number of ether oxygens (including phenoxy) is 1. The zero-order chi connectivity index (χ0) is 15.6. The van der Waals surface area contributed by atoms with Gasteiger partial charge in [-0.05, 0) is 26.0 Å². The van der Waals surface area contributed by atoms with E-state index < -0.39 is 11.5 Å². The van der Waals surface area contributed by atoms with Crippen LogP contribution in [0.5, 0.6) is 0 Å². The Morgan fingerprint density at radius 1 is 1.19 bits per heavy atom. The number of carboxylic acid groups (broad SMARTS) is 1. The van der Waals surface area contributed by atoms with E-state index in [4.69, 9.17) is 9.84 Å². The summed E-state index contributed by atoms with van der Waals surface area (Å²) in [6, 6.07) is 6.67. The molecule has 6 heteroatoms. The molecular weight excluding hydrogens is 274 g/mol. The lowest BCUT2D eigenvalue weighted by atomic mass is 10.0. The molecule has 1 aromatic rings. The SMILES string of the molecule is CC(C)(COCCC(=O)O)N1C(=O)c2ccccc2C1=O. The Balaban J connectivity index is 2.09. The predicted molar refractivity (Wildman–Crippen MR) is 74.1 cm³/mol. The van der Waals surface area contributed by atoms with E-state index in [0.29, 0.717) is 11.1 Å². The Bertz CT molecular complexity index is 558. The predicted octanol–water partition coefficient (Wildman–Crippen LogP) is 1.55. The largest absolute Gasteiger partial charge is 0.481 e. The number of amides is 2. The smallest absolute Gasteiger partial charge is 0.305 e. The third-order valence-corrected chi connectivity index (χ3v) is 3.31. The second kappa shape index (κ2) is 5.65. The van der Waals surface area contributed by atoms with Crippen LogP contribution >= 0.6 is 0 Å². The minimum absolute atomic E-state index is 0.0436. The van der Waals surface area contributed by atoms with Gasteiger partial charge in [0, 0.05) is 0 Å². The standard InChI is InChI=1S/C15H17NO5/c1-15(2,9-21-8-7-12(17)18)16-13(19)10-5-3-4-6-11(10)14(16)20/h3-6H,7-9H2,1-2H3,(H,17,18). The van der Waals surface area contributed by atoms with Crippen molar-refractivity contribution in [1.29, 1.82) is 0 Å². The fraction of sp³-hybridized carbons (Fsp3) is 0.400. The fourth-order valence-electron chi connectivity index (χ4n) is 2.28. The van der Waals surface area contributed by atoms with Gasteiger partial charge < -0.3 is 9.84 Å². The van der Waals surface area contributed by atoms with Crippen molar-refractivity contribution in [3.05, 3.63) is 35.4 Å². The molecule has 6 nitrogen and oxygen atoms in total. The molecule has 0 radical (unpaired) electrons. The minimum Gasteiger partial charge on any atom is -0.481 e. The average Bonchev–Trinajstić information content (AvgIpc) is 2.68. The number of imide groups is 1. The van der Waals surface area contributed by atoms with Crippen LogP contribution in [0.3, 0.4) is 0 Å². The van der Waals surface area contributed by atoms with Gasteiger partial charge in [-0.3, -0.25) is 19.3 Å². The Morgan fingerprint density at radius 2 is 1.71 bits per heavy atom. The summed E-state index contributed by atoms with van der Waals surface area (Å²) in [5, 5.41) is 8.56. The first-order valence-electron chi connectivity index (χ1n) is 6.62. The topological polar surface area (TPSA) is 83.9 Å². The van der Waals surface area contributed by atoms with Gasteiger partial charge in [0.2, 0.25) is 0 Å². The Hall–Kier alpha value is -2.21. The number of hydrogen-bond donors (Lipinski definition) is 1. The highest BCUT2D eigenvalue weighted by Crippen LogP contribution is 2.29. The molecule has 1 N–H and O–H groups in total. The van der Waals surface area contributed by atoms with Crippen LogP contribution in [0.4, 0.5) is 0 Å². The van der Waals surface area contributed by atoms with Gasteiger partial charge in [-0.2, -0.15) is 0 Å². The zero-order valence-electron chi connectivity index (χ0n) is 12.0. The van der Waals surface area contributed by atoms with Crippen molar-refractivity contribution < 1.29 is 24.2 Å².